The van der Waals surface area contributed by atoms with E-state index < -0.39 is 6.04 Å². The number of likely N-dealkylation sites (tertiary alicyclic amines) is 1. The molecule has 3 amide bonds. The van der Waals surface area contributed by atoms with Crippen molar-refractivity contribution in [3.05, 3.63) is 59.6 Å². The summed E-state index contributed by atoms with van der Waals surface area (Å²) in [6.45, 7) is 0.471. The van der Waals surface area contributed by atoms with Crippen molar-refractivity contribution in [1.82, 2.24) is 10.2 Å². The Morgan fingerprint density at radius 1 is 1.15 bits per heavy atom. The van der Waals surface area contributed by atoms with Crippen molar-refractivity contribution < 1.29 is 9.59 Å². The van der Waals surface area contributed by atoms with E-state index in [4.69, 9.17) is 23.8 Å². The van der Waals surface area contributed by atoms with Crippen LogP contribution in [0.2, 0.25) is 5.02 Å². The summed E-state index contributed by atoms with van der Waals surface area (Å²) in [5, 5.41) is 7.00. The smallest absolute Gasteiger partial charge is 0.322 e. The normalized spacial score (nSPS) is 21.7. The van der Waals surface area contributed by atoms with Gasteiger partial charge >= 0.3 is 6.03 Å². The van der Waals surface area contributed by atoms with Crippen LogP contribution < -0.4 is 15.5 Å². The zero-order valence-corrected chi connectivity index (χ0v) is 15.8. The highest BCUT2D eigenvalue weighted by Crippen LogP contribution is 2.28. The number of amides is 3. The molecule has 2 aliphatic rings. The SMILES string of the molecule is O=C1[C@@H]2[C@@H](CCN2C(=O)Nc2ccc(Cl)cc2)NC(=S)N1c1ccccc1. The Balaban J connectivity index is 1.56. The summed E-state index contributed by atoms with van der Waals surface area (Å²) in [6, 6.07) is 14.9. The van der Waals surface area contributed by atoms with Gasteiger partial charge in [0.05, 0.1) is 11.7 Å². The number of urea groups is 1. The summed E-state index contributed by atoms with van der Waals surface area (Å²) < 4.78 is 0. The Hall–Kier alpha value is -2.64. The molecule has 2 saturated heterocycles. The molecule has 6 nitrogen and oxygen atoms in total. The van der Waals surface area contributed by atoms with Crippen LogP contribution in [0.15, 0.2) is 54.6 Å². The number of carbonyl (C=O) groups excluding carboxylic acids is 2. The Morgan fingerprint density at radius 2 is 1.85 bits per heavy atom. The van der Waals surface area contributed by atoms with Crippen molar-refractivity contribution >= 4 is 52.2 Å². The molecule has 2 N–H and O–H groups in total. The number of para-hydroxylation sites is 1. The van der Waals surface area contributed by atoms with Crippen molar-refractivity contribution in [2.24, 2.45) is 0 Å². The third-order valence-electron chi connectivity index (χ3n) is 4.75. The maximum atomic E-state index is 13.2. The molecule has 0 spiro atoms. The average Bonchev–Trinajstić information content (AvgIpc) is 3.08. The predicted molar refractivity (Wildman–Crippen MR) is 109 cm³/mol. The van der Waals surface area contributed by atoms with E-state index in [-0.39, 0.29) is 18.0 Å². The molecule has 27 heavy (non-hydrogen) atoms. The summed E-state index contributed by atoms with van der Waals surface area (Å²) in [4.78, 5) is 29.0. The lowest BCUT2D eigenvalue weighted by molar-refractivity contribution is -0.122. The van der Waals surface area contributed by atoms with Crippen LogP contribution in [-0.4, -0.2) is 40.6 Å². The van der Waals surface area contributed by atoms with Crippen LogP contribution in [-0.2, 0) is 4.79 Å². The van der Waals surface area contributed by atoms with E-state index in [1.54, 1.807) is 29.2 Å². The summed E-state index contributed by atoms with van der Waals surface area (Å²) in [6.07, 6.45) is 0.660. The second-order valence-electron chi connectivity index (χ2n) is 6.43. The lowest BCUT2D eigenvalue weighted by Gasteiger charge is -2.38. The van der Waals surface area contributed by atoms with Gasteiger partial charge in [-0.3, -0.25) is 9.69 Å². The average molecular weight is 401 g/mol. The van der Waals surface area contributed by atoms with Crippen LogP contribution in [0.3, 0.4) is 0 Å². The Kier molecular flexibility index (Phi) is 4.72. The van der Waals surface area contributed by atoms with Gasteiger partial charge in [0.2, 0.25) is 0 Å². The number of hydrogen-bond acceptors (Lipinski definition) is 3. The molecule has 0 aliphatic carbocycles. The predicted octanol–water partition coefficient (Wildman–Crippen LogP) is 3.24. The van der Waals surface area contributed by atoms with Crippen LogP contribution in [0.1, 0.15) is 6.42 Å². The minimum absolute atomic E-state index is 0.180. The first-order valence-corrected chi connectivity index (χ1v) is 9.36. The van der Waals surface area contributed by atoms with Gasteiger partial charge in [0, 0.05) is 17.3 Å². The number of benzene rings is 2. The standard InChI is InChI=1S/C19H17ClN4O2S/c20-12-6-8-13(9-7-12)21-18(26)23-11-10-15-16(23)17(25)24(19(27)22-15)14-4-2-1-3-5-14/h1-9,15-16H,10-11H2,(H,21,26)(H,22,27)/t15-,16+/m1/s1. The third kappa shape index (κ3) is 3.36. The monoisotopic (exact) mass is 400 g/mol. The molecule has 138 valence electrons. The number of halogens is 1. The number of hydrogen-bond donors (Lipinski definition) is 2. The van der Waals surface area contributed by atoms with Crippen LogP contribution in [0, 0.1) is 0 Å². The molecule has 0 unspecified atom stereocenters. The third-order valence-corrected chi connectivity index (χ3v) is 5.31. The molecule has 0 bridgehead atoms. The van der Waals surface area contributed by atoms with Crippen LogP contribution in [0.25, 0.3) is 0 Å². The largest absolute Gasteiger partial charge is 0.356 e. The van der Waals surface area contributed by atoms with Gasteiger partial charge in [-0.05, 0) is 55.0 Å². The summed E-state index contributed by atoms with van der Waals surface area (Å²) in [5.74, 6) is -0.196. The van der Waals surface area contributed by atoms with Gasteiger partial charge in [0.25, 0.3) is 5.91 Å². The molecule has 4 rings (SSSR count). The van der Waals surface area contributed by atoms with E-state index in [1.165, 1.54) is 4.90 Å². The van der Waals surface area contributed by atoms with Crippen molar-refractivity contribution in [3.8, 4) is 0 Å². The zero-order chi connectivity index (χ0) is 19.0. The molecule has 8 heteroatoms. The second-order valence-corrected chi connectivity index (χ2v) is 7.25. The lowest BCUT2D eigenvalue weighted by Crippen LogP contribution is -2.65. The molecule has 2 aliphatic heterocycles. The molecule has 0 radical (unpaired) electrons. The molecule has 2 aromatic carbocycles. The van der Waals surface area contributed by atoms with Gasteiger partial charge in [0.15, 0.2) is 5.11 Å². The van der Waals surface area contributed by atoms with E-state index in [0.29, 0.717) is 34.5 Å². The van der Waals surface area contributed by atoms with Crippen molar-refractivity contribution in [3.63, 3.8) is 0 Å². The van der Waals surface area contributed by atoms with Crippen LogP contribution >= 0.6 is 23.8 Å². The molecule has 2 aromatic rings. The van der Waals surface area contributed by atoms with E-state index in [2.05, 4.69) is 10.6 Å². The molecular formula is C19H17ClN4O2S. The zero-order valence-electron chi connectivity index (χ0n) is 14.3. The van der Waals surface area contributed by atoms with E-state index in [9.17, 15) is 9.59 Å². The molecule has 2 atom stereocenters. The number of carbonyl (C=O) groups is 2. The Labute approximate surface area is 167 Å². The molecule has 0 saturated carbocycles. The molecule has 0 aromatic heterocycles. The quantitative estimate of drug-likeness (QED) is 0.759. The van der Waals surface area contributed by atoms with Gasteiger partial charge in [-0.1, -0.05) is 29.8 Å². The van der Waals surface area contributed by atoms with Gasteiger partial charge in [-0.15, -0.1) is 0 Å². The van der Waals surface area contributed by atoms with Gasteiger partial charge in [-0.2, -0.15) is 0 Å². The second kappa shape index (κ2) is 7.17. The summed E-state index contributed by atoms with van der Waals surface area (Å²) >= 11 is 11.3. The summed E-state index contributed by atoms with van der Waals surface area (Å²) in [7, 11) is 0. The minimum atomic E-state index is -0.607. The maximum Gasteiger partial charge on any atom is 0.322 e. The number of thiocarbonyl (C=S) groups is 1. The lowest BCUT2D eigenvalue weighted by atomic mass is 10.1. The first kappa shape index (κ1) is 17.8. The number of nitrogens with one attached hydrogen (secondary N) is 2. The number of nitrogens with zero attached hydrogens (tertiary/aromatic N) is 2. The van der Waals surface area contributed by atoms with Crippen molar-refractivity contribution in [1.29, 1.82) is 0 Å². The van der Waals surface area contributed by atoms with Crippen LogP contribution in [0.5, 0.6) is 0 Å². The van der Waals surface area contributed by atoms with E-state index >= 15 is 0 Å². The fourth-order valence-electron chi connectivity index (χ4n) is 3.48. The summed E-state index contributed by atoms with van der Waals surface area (Å²) in [5.41, 5.74) is 1.31. The maximum absolute atomic E-state index is 13.2. The first-order chi connectivity index (χ1) is 13.0. The van der Waals surface area contributed by atoms with Crippen molar-refractivity contribution in [2.45, 2.75) is 18.5 Å². The van der Waals surface area contributed by atoms with Crippen LogP contribution in [0.4, 0.5) is 16.2 Å². The highest BCUT2D eigenvalue weighted by Gasteiger charge is 2.48. The van der Waals surface area contributed by atoms with E-state index in [1.807, 2.05) is 30.3 Å². The minimum Gasteiger partial charge on any atom is -0.356 e. The topological polar surface area (TPSA) is 64.7 Å². The molecule has 2 heterocycles. The van der Waals surface area contributed by atoms with Gasteiger partial charge < -0.3 is 15.5 Å². The number of rotatable bonds is 2. The fourth-order valence-corrected chi connectivity index (χ4v) is 3.96. The van der Waals surface area contributed by atoms with Gasteiger partial charge in [0.1, 0.15) is 6.04 Å². The van der Waals surface area contributed by atoms with Crippen molar-refractivity contribution in [2.75, 3.05) is 16.8 Å². The molecular weight excluding hydrogens is 384 g/mol. The highest BCUT2D eigenvalue weighted by atomic mass is 35.5. The fraction of sp³-hybridized carbons (Fsp3) is 0.211. The highest BCUT2D eigenvalue weighted by molar-refractivity contribution is 7.80. The number of fused-ring (bicyclic) bond motifs is 1. The Bertz CT molecular complexity index is 890. The van der Waals surface area contributed by atoms with Gasteiger partial charge in [-0.25, -0.2) is 4.79 Å². The van der Waals surface area contributed by atoms with E-state index in [0.717, 1.165) is 0 Å². The number of anilines is 2. The molecule has 2 fully saturated rings. The first-order valence-electron chi connectivity index (χ1n) is 8.57. The Morgan fingerprint density at radius 3 is 2.56 bits per heavy atom.